The lowest BCUT2D eigenvalue weighted by molar-refractivity contribution is -0.137. The van der Waals surface area contributed by atoms with Crippen LogP contribution in [0.4, 0.5) is 17.6 Å². The van der Waals surface area contributed by atoms with E-state index in [0.29, 0.717) is 17.5 Å². The van der Waals surface area contributed by atoms with E-state index in [2.05, 4.69) is 0 Å². The largest absolute Gasteiger partial charge is 0.416 e. The van der Waals surface area contributed by atoms with Crippen LogP contribution in [0.2, 0.25) is 0 Å². The third-order valence-electron chi connectivity index (χ3n) is 4.77. The highest BCUT2D eigenvalue weighted by Gasteiger charge is 2.30. The number of thiophene rings is 1. The molecule has 0 atom stereocenters. The molecule has 30 heavy (non-hydrogen) atoms. The Labute approximate surface area is 173 Å². The summed E-state index contributed by atoms with van der Waals surface area (Å²) in [6.45, 7) is 0. The maximum absolute atomic E-state index is 13.8. The number of nitrogens with two attached hydrogens (primary N) is 1. The number of primary amides is 1. The minimum atomic E-state index is -4.38. The number of amides is 1. The van der Waals surface area contributed by atoms with Crippen LogP contribution in [0, 0.1) is 5.82 Å². The maximum Gasteiger partial charge on any atom is 0.416 e. The van der Waals surface area contributed by atoms with Crippen molar-refractivity contribution in [3.63, 3.8) is 0 Å². The summed E-state index contributed by atoms with van der Waals surface area (Å²) in [6, 6.07) is 17.0. The Morgan fingerprint density at radius 2 is 1.73 bits per heavy atom. The second kappa shape index (κ2) is 7.57. The van der Waals surface area contributed by atoms with Crippen LogP contribution in [-0.4, -0.2) is 5.91 Å². The number of carbonyl (C=O) groups excluding carboxylic acids is 1. The molecule has 0 bridgehead atoms. The van der Waals surface area contributed by atoms with Crippen molar-refractivity contribution in [3.8, 4) is 11.1 Å². The average Bonchev–Trinajstić information content (AvgIpc) is 3.10. The third kappa shape index (κ3) is 3.93. The van der Waals surface area contributed by atoms with Gasteiger partial charge in [0, 0.05) is 16.0 Å². The summed E-state index contributed by atoms with van der Waals surface area (Å²) in [5.41, 5.74) is 6.40. The molecule has 0 aliphatic heterocycles. The van der Waals surface area contributed by atoms with Gasteiger partial charge in [-0.1, -0.05) is 42.5 Å². The van der Waals surface area contributed by atoms with Gasteiger partial charge in [0.25, 0.3) is 5.91 Å². The molecule has 152 valence electrons. The standard InChI is InChI=1S/C23H15F4NOS/c24-20-8-7-14(12-19(20)22(28)29)18-6-2-4-15-11-17(30-21(15)18)10-13-3-1-5-16(9-13)23(25,26)27/h1-9,11-12H,10H2,(H2,28,29). The van der Waals surface area contributed by atoms with Crippen LogP contribution in [0.1, 0.15) is 26.4 Å². The first-order valence-corrected chi connectivity index (χ1v) is 9.81. The van der Waals surface area contributed by atoms with Crippen molar-refractivity contribution >= 4 is 27.3 Å². The molecule has 2 N–H and O–H groups in total. The Morgan fingerprint density at radius 1 is 0.967 bits per heavy atom. The van der Waals surface area contributed by atoms with Gasteiger partial charge in [0.15, 0.2) is 0 Å². The number of carbonyl (C=O) groups is 1. The minimum absolute atomic E-state index is 0.190. The zero-order valence-electron chi connectivity index (χ0n) is 15.5. The quantitative estimate of drug-likeness (QED) is 0.374. The van der Waals surface area contributed by atoms with Crippen LogP contribution in [0.5, 0.6) is 0 Å². The van der Waals surface area contributed by atoms with E-state index >= 15 is 0 Å². The van der Waals surface area contributed by atoms with Gasteiger partial charge in [-0.3, -0.25) is 4.79 Å². The summed E-state index contributed by atoms with van der Waals surface area (Å²) in [4.78, 5) is 12.4. The van der Waals surface area contributed by atoms with Crippen LogP contribution < -0.4 is 5.73 Å². The van der Waals surface area contributed by atoms with Gasteiger partial charge in [-0.05, 0) is 46.3 Å². The Hall–Kier alpha value is -3.19. The number of hydrogen-bond acceptors (Lipinski definition) is 2. The van der Waals surface area contributed by atoms with Crippen LogP contribution in [0.25, 0.3) is 21.2 Å². The van der Waals surface area contributed by atoms with E-state index < -0.39 is 23.5 Å². The molecule has 0 saturated heterocycles. The summed E-state index contributed by atoms with van der Waals surface area (Å²) >= 11 is 1.45. The van der Waals surface area contributed by atoms with Crippen molar-refractivity contribution in [2.45, 2.75) is 12.6 Å². The highest BCUT2D eigenvalue weighted by molar-refractivity contribution is 7.19. The zero-order valence-corrected chi connectivity index (χ0v) is 16.3. The Bertz CT molecular complexity index is 1260. The van der Waals surface area contributed by atoms with E-state index in [1.807, 2.05) is 24.3 Å². The molecule has 4 rings (SSSR count). The lowest BCUT2D eigenvalue weighted by atomic mass is 10.0. The summed E-state index contributed by atoms with van der Waals surface area (Å²) in [5, 5.41) is 0.921. The predicted molar refractivity (Wildman–Crippen MR) is 110 cm³/mol. The van der Waals surface area contributed by atoms with Crippen molar-refractivity contribution < 1.29 is 22.4 Å². The van der Waals surface area contributed by atoms with Gasteiger partial charge < -0.3 is 5.73 Å². The van der Waals surface area contributed by atoms with Gasteiger partial charge in [-0.2, -0.15) is 13.2 Å². The molecule has 0 spiro atoms. The Kier molecular flexibility index (Phi) is 5.07. The summed E-state index contributed by atoms with van der Waals surface area (Å²) in [6.07, 6.45) is -4.03. The third-order valence-corrected chi connectivity index (χ3v) is 5.95. The molecule has 1 aromatic heterocycles. The first-order chi connectivity index (χ1) is 14.2. The smallest absolute Gasteiger partial charge is 0.366 e. The molecule has 1 amide bonds. The topological polar surface area (TPSA) is 43.1 Å². The molecule has 4 aromatic rings. The van der Waals surface area contributed by atoms with Gasteiger partial charge in [0.1, 0.15) is 5.82 Å². The fourth-order valence-electron chi connectivity index (χ4n) is 3.37. The lowest BCUT2D eigenvalue weighted by Gasteiger charge is -2.08. The average molecular weight is 429 g/mol. The molecule has 0 aliphatic carbocycles. The van der Waals surface area contributed by atoms with Crippen molar-refractivity contribution in [1.82, 2.24) is 0 Å². The highest BCUT2D eigenvalue weighted by Crippen LogP contribution is 2.37. The molecule has 0 saturated carbocycles. The number of rotatable bonds is 4. The number of halogens is 4. The van der Waals surface area contributed by atoms with Crippen LogP contribution in [0.15, 0.2) is 66.7 Å². The van der Waals surface area contributed by atoms with E-state index in [9.17, 15) is 22.4 Å². The molecule has 0 unspecified atom stereocenters. The van der Waals surface area contributed by atoms with Crippen molar-refractivity contribution in [2.24, 2.45) is 5.73 Å². The van der Waals surface area contributed by atoms with E-state index in [1.165, 1.54) is 29.5 Å². The molecule has 2 nitrogen and oxygen atoms in total. The van der Waals surface area contributed by atoms with Crippen molar-refractivity contribution in [2.75, 3.05) is 0 Å². The molecule has 7 heteroatoms. The van der Waals surface area contributed by atoms with Gasteiger partial charge in [-0.25, -0.2) is 4.39 Å². The maximum atomic E-state index is 13.8. The summed E-state index contributed by atoms with van der Waals surface area (Å²) < 4.78 is 53.7. The van der Waals surface area contributed by atoms with E-state index in [1.54, 1.807) is 12.1 Å². The van der Waals surface area contributed by atoms with Crippen LogP contribution >= 0.6 is 11.3 Å². The van der Waals surface area contributed by atoms with Crippen LogP contribution in [-0.2, 0) is 12.6 Å². The Morgan fingerprint density at radius 3 is 2.47 bits per heavy atom. The van der Waals surface area contributed by atoms with Gasteiger partial charge in [0.05, 0.1) is 11.1 Å². The monoisotopic (exact) mass is 429 g/mol. The number of alkyl halides is 3. The minimum Gasteiger partial charge on any atom is -0.366 e. The highest BCUT2D eigenvalue weighted by atomic mass is 32.1. The van der Waals surface area contributed by atoms with Gasteiger partial charge in [0.2, 0.25) is 0 Å². The zero-order chi connectivity index (χ0) is 21.5. The van der Waals surface area contributed by atoms with E-state index in [0.717, 1.165) is 32.7 Å². The predicted octanol–water partition coefficient (Wildman–Crippen LogP) is 6.42. The number of hydrogen-bond donors (Lipinski definition) is 1. The SMILES string of the molecule is NC(=O)c1cc(-c2cccc3cc(Cc4cccc(C(F)(F)F)c4)sc23)ccc1F. The van der Waals surface area contributed by atoms with Gasteiger partial charge in [-0.15, -0.1) is 11.3 Å². The van der Waals surface area contributed by atoms with Crippen molar-refractivity contribution in [1.29, 1.82) is 0 Å². The second-order valence-corrected chi connectivity index (χ2v) is 8.01. The Balaban J connectivity index is 1.73. The fraction of sp³-hybridized carbons (Fsp3) is 0.0870. The summed E-state index contributed by atoms with van der Waals surface area (Å²) in [7, 11) is 0. The molecule has 0 radical (unpaired) electrons. The number of fused-ring (bicyclic) bond motifs is 1. The molecule has 0 aliphatic rings. The van der Waals surface area contributed by atoms with E-state index in [-0.39, 0.29) is 5.56 Å². The second-order valence-electron chi connectivity index (χ2n) is 6.87. The molecule has 1 heterocycles. The first kappa shape index (κ1) is 20.1. The van der Waals surface area contributed by atoms with E-state index in [4.69, 9.17) is 5.73 Å². The number of benzene rings is 3. The first-order valence-electron chi connectivity index (χ1n) is 8.99. The van der Waals surface area contributed by atoms with Gasteiger partial charge >= 0.3 is 6.18 Å². The normalized spacial score (nSPS) is 11.7. The van der Waals surface area contributed by atoms with Crippen LogP contribution in [0.3, 0.4) is 0 Å². The van der Waals surface area contributed by atoms with Crippen molar-refractivity contribution in [3.05, 3.63) is 94.1 Å². The fourth-order valence-corrected chi connectivity index (χ4v) is 4.60. The molecular weight excluding hydrogens is 414 g/mol. The molecule has 0 fully saturated rings. The lowest BCUT2D eigenvalue weighted by Crippen LogP contribution is -2.13. The molecular formula is C23H15F4NOS. The summed E-state index contributed by atoms with van der Waals surface area (Å²) in [5.74, 6) is -1.53. The molecule has 3 aromatic carbocycles.